The lowest BCUT2D eigenvalue weighted by atomic mass is 9.67. The minimum absolute atomic E-state index is 0.0262. The zero-order valence-corrected chi connectivity index (χ0v) is 27.7. The summed E-state index contributed by atoms with van der Waals surface area (Å²) in [4.78, 5) is 14.4. The Hall–Kier alpha value is -6.18. The number of fused-ring (bicyclic) bond motifs is 5. The van der Waals surface area contributed by atoms with Crippen LogP contribution in [-0.4, -0.2) is 15.0 Å². The highest BCUT2D eigenvalue weighted by Gasteiger charge is 2.43. The zero-order chi connectivity index (χ0) is 33.5. The molecule has 1 saturated carbocycles. The molecule has 5 aromatic carbocycles. The highest BCUT2D eigenvalue weighted by Crippen LogP contribution is 2.56. The van der Waals surface area contributed by atoms with E-state index in [4.69, 9.17) is 9.97 Å². The van der Waals surface area contributed by atoms with Gasteiger partial charge in [-0.25, -0.2) is 9.97 Å². The Kier molecular flexibility index (Phi) is 7.40. The summed E-state index contributed by atoms with van der Waals surface area (Å²) in [7, 11) is 0. The first-order valence-electron chi connectivity index (χ1n) is 17.4. The lowest BCUT2D eigenvalue weighted by Gasteiger charge is -2.36. The van der Waals surface area contributed by atoms with Gasteiger partial charge in [-0.1, -0.05) is 122 Å². The predicted molar refractivity (Wildman–Crippen MR) is 201 cm³/mol. The summed E-state index contributed by atoms with van der Waals surface area (Å²) in [6, 6.07) is 49.2. The van der Waals surface area contributed by atoms with Gasteiger partial charge in [0.1, 0.15) is 0 Å². The molecule has 4 nitrogen and oxygen atoms in total. The van der Waals surface area contributed by atoms with Crippen molar-refractivity contribution in [2.45, 2.75) is 37.5 Å². The molecule has 0 unspecified atom stereocenters. The first-order chi connectivity index (χ1) is 24.7. The van der Waals surface area contributed by atoms with Crippen LogP contribution in [0.1, 0.15) is 48.8 Å². The molecule has 1 spiro atoms. The fraction of sp³-hybridized carbons (Fsp3) is 0.130. The number of benzene rings is 5. The molecule has 9 rings (SSSR count). The van der Waals surface area contributed by atoms with Crippen LogP contribution in [0.15, 0.2) is 146 Å². The number of aromatic nitrogens is 3. The van der Waals surface area contributed by atoms with Crippen molar-refractivity contribution in [2.24, 2.45) is 0 Å². The largest absolute Gasteiger partial charge is 0.264 e. The Bertz CT molecular complexity index is 2380. The molecule has 2 heterocycles. The Morgan fingerprint density at radius 1 is 0.500 bits per heavy atom. The number of nitriles is 1. The minimum Gasteiger partial charge on any atom is -0.264 e. The van der Waals surface area contributed by atoms with Crippen LogP contribution in [0.25, 0.3) is 67.3 Å². The molecule has 4 heteroatoms. The van der Waals surface area contributed by atoms with E-state index in [1.54, 1.807) is 6.20 Å². The van der Waals surface area contributed by atoms with Crippen LogP contribution >= 0.6 is 0 Å². The molecular weight excluding hydrogens is 609 g/mol. The molecule has 0 atom stereocenters. The maximum absolute atomic E-state index is 9.71. The standard InChI is InChI=1S/C46H34N4/c47-29-31-11-21-39-40-27-37(20-22-41(40)46(42(39)26-31)23-5-2-6-24-46)32-12-16-34(17-13-32)43-28-44(50-45(49-43)36-8-3-1-4-9-36)35-18-14-33(15-19-35)38-10-7-25-48-30-38/h1,3-4,7-22,25-28,30H,2,5-6,23-24H2. The molecule has 0 aliphatic heterocycles. The molecule has 0 saturated heterocycles. The van der Waals surface area contributed by atoms with E-state index < -0.39 is 0 Å². The highest BCUT2D eigenvalue weighted by atomic mass is 14.9. The fourth-order valence-electron chi connectivity index (χ4n) is 8.11. The summed E-state index contributed by atoms with van der Waals surface area (Å²) in [5.74, 6) is 0.701. The van der Waals surface area contributed by atoms with Crippen molar-refractivity contribution in [2.75, 3.05) is 0 Å². The number of hydrogen-bond donors (Lipinski definition) is 0. The SMILES string of the molecule is N#Cc1ccc2c(c1)C1(CCCCC1)c1ccc(-c3ccc(-c4cc(-c5ccc(-c6cccnc6)cc5)nc(-c5ccccc5)n4)cc3)cc1-2. The van der Waals surface area contributed by atoms with Gasteiger partial charge in [-0.05, 0) is 87.7 Å². The van der Waals surface area contributed by atoms with Gasteiger partial charge in [0.2, 0.25) is 0 Å². The average Bonchev–Trinajstić information content (AvgIpc) is 3.46. The van der Waals surface area contributed by atoms with E-state index in [9.17, 15) is 5.26 Å². The smallest absolute Gasteiger partial charge is 0.160 e. The molecule has 2 aliphatic rings. The van der Waals surface area contributed by atoms with E-state index in [2.05, 4.69) is 114 Å². The normalized spacial score (nSPS) is 14.1. The summed E-state index contributed by atoms with van der Waals surface area (Å²) in [6.07, 6.45) is 9.72. The molecular formula is C46H34N4. The maximum atomic E-state index is 9.71. The van der Waals surface area contributed by atoms with Crippen LogP contribution in [0, 0.1) is 11.3 Å². The third kappa shape index (κ3) is 5.19. The number of rotatable bonds is 5. The second-order valence-electron chi connectivity index (χ2n) is 13.5. The van der Waals surface area contributed by atoms with Gasteiger partial charge in [0.15, 0.2) is 5.82 Å². The van der Waals surface area contributed by atoms with Crippen molar-refractivity contribution in [3.05, 3.63) is 163 Å². The first kappa shape index (κ1) is 29.9. The van der Waals surface area contributed by atoms with Gasteiger partial charge in [-0.2, -0.15) is 5.26 Å². The molecule has 1 fully saturated rings. The minimum atomic E-state index is 0.0262. The van der Waals surface area contributed by atoms with Crippen molar-refractivity contribution < 1.29 is 0 Å². The van der Waals surface area contributed by atoms with E-state index in [1.807, 2.05) is 36.5 Å². The van der Waals surface area contributed by atoms with Crippen molar-refractivity contribution >= 4 is 0 Å². The average molecular weight is 643 g/mol. The van der Waals surface area contributed by atoms with E-state index in [0.29, 0.717) is 5.82 Å². The number of nitrogens with zero attached hydrogens (tertiary/aromatic N) is 4. The molecule has 2 aliphatic carbocycles. The topological polar surface area (TPSA) is 62.5 Å². The second kappa shape index (κ2) is 12.4. The van der Waals surface area contributed by atoms with E-state index in [-0.39, 0.29) is 5.41 Å². The van der Waals surface area contributed by atoms with Crippen LogP contribution in [0.2, 0.25) is 0 Å². The van der Waals surface area contributed by atoms with Gasteiger partial charge < -0.3 is 0 Å². The van der Waals surface area contributed by atoms with E-state index in [0.717, 1.165) is 57.6 Å². The van der Waals surface area contributed by atoms with Gasteiger partial charge in [0.05, 0.1) is 23.0 Å². The van der Waals surface area contributed by atoms with Gasteiger partial charge in [-0.15, -0.1) is 0 Å². The van der Waals surface area contributed by atoms with Crippen molar-refractivity contribution in [3.8, 4) is 73.4 Å². The summed E-state index contributed by atoms with van der Waals surface area (Å²) in [5.41, 5.74) is 15.5. The van der Waals surface area contributed by atoms with Crippen molar-refractivity contribution in [1.82, 2.24) is 15.0 Å². The van der Waals surface area contributed by atoms with Crippen molar-refractivity contribution in [1.29, 1.82) is 5.26 Å². The number of hydrogen-bond acceptors (Lipinski definition) is 4. The molecule has 0 N–H and O–H groups in total. The molecule has 238 valence electrons. The predicted octanol–water partition coefficient (Wildman–Crippen LogP) is 11.3. The van der Waals surface area contributed by atoms with Crippen molar-refractivity contribution in [3.63, 3.8) is 0 Å². The Morgan fingerprint density at radius 2 is 1.14 bits per heavy atom. The summed E-state index contributed by atoms with van der Waals surface area (Å²) in [6.45, 7) is 0. The van der Waals surface area contributed by atoms with Crippen LogP contribution < -0.4 is 0 Å². The van der Waals surface area contributed by atoms with Gasteiger partial charge >= 0.3 is 0 Å². The van der Waals surface area contributed by atoms with Crippen LogP contribution in [0.3, 0.4) is 0 Å². The lowest BCUT2D eigenvalue weighted by molar-refractivity contribution is 0.353. The summed E-state index contributed by atoms with van der Waals surface area (Å²) < 4.78 is 0. The Balaban J connectivity index is 1.08. The van der Waals surface area contributed by atoms with Crippen LogP contribution in [0.4, 0.5) is 0 Å². The monoisotopic (exact) mass is 642 g/mol. The van der Waals surface area contributed by atoms with Gasteiger partial charge in [0.25, 0.3) is 0 Å². The third-order valence-electron chi connectivity index (χ3n) is 10.6. The lowest BCUT2D eigenvalue weighted by Crippen LogP contribution is -2.28. The second-order valence-corrected chi connectivity index (χ2v) is 13.5. The molecule has 0 radical (unpaired) electrons. The molecule has 2 aromatic heterocycles. The summed E-state index contributed by atoms with van der Waals surface area (Å²) >= 11 is 0. The third-order valence-corrected chi connectivity index (χ3v) is 10.6. The molecule has 0 amide bonds. The summed E-state index contributed by atoms with van der Waals surface area (Å²) in [5, 5.41) is 9.71. The van der Waals surface area contributed by atoms with E-state index >= 15 is 0 Å². The molecule has 7 aromatic rings. The quantitative estimate of drug-likeness (QED) is 0.187. The fourth-order valence-corrected chi connectivity index (χ4v) is 8.11. The van der Waals surface area contributed by atoms with Gasteiger partial charge in [-0.3, -0.25) is 4.98 Å². The van der Waals surface area contributed by atoms with Crippen LogP contribution in [0.5, 0.6) is 0 Å². The number of pyridine rings is 1. The Morgan fingerprint density at radius 3 is 1.80 bits per heavy atom. The maximum Gasteiger partial charge on any atom is 0.160 e. The molecule has 0 bridgehead atoms. The van der Waals surface area contributed by atoms with Crippen LogP contribution in [-0.2, 0) is 5.41 Å². The van der Waals surface area contributed by atoms with Gasteiger partial charge in [0, 0.05) is 34.5 Å². The first-order valence-corrected chi connectivity index (χ1v) is 17.4. The molecule has 50 heavy (non-hydrogen) atoms. The van der Waals surface area contributed by atoms with E-state index in [1.165, 1.54) is 52.6 Å². The zero-order valence-electron chi connectivity index (χ0n) is 27.7. The highest BCUT2D eigenvalue weighted by molar-refractivity contribution is 5.86. The Labute approximate surface area is 292 Å².